The van der Waals surface area contributed by atoms with Crippen LogP contribution < -0.4 is 4.74 Å². The highest BCUT2D eigenvalue weighted by atomic mass is 19.1. The minimum atomic E-state index is -1.22. The second-order valence-electron chi connectivity index (χ2n) is 6.75. The number of carboxylic acid groups (broad SMARTS) is 1. The molecule has 1 aliphatic rings. The summed E-state index contributed by atoms with van der Waals surface area (Å²) in [5.74, 6) is -1.09. The number of rotatable bonds is 5. The van der Waals surface area contributed by atoms with Crippen molar-refractivity contribution < 1.29 is 23.8 Å². The van der Waals surface area contributed by atoms with E-state index < -0.39 is 11.8 Å². The molecule has 2 aromatic rings. The van der Waals surface area contributed by atoms with E-state index in [0.29, 0.717) is 19.0 Å². The number of methoxy groups -OCH3 is 1. The topological polar surface area (TPSA) is 66.8 Å². The summed E-state index contributed by atoms with van der Waals surface area (Å²) in [6, 6.07) is 11.3. The maximum absolute atomic E-state index is 14.1. The molecule has 27 heavy (non-hydrogen) atoms. The first-order valence-corrected chi connectivity index (χ1v) is 8.93. The first-order valence-electron chi connectivity index (χ1n) is 8.93. The fourth-order valence-electron chi connectivity index (χ4n) is 3.51. The Morgan fingerprint density at radius 3 is 2.52 bits per heavy atom. The van der Waals surface area contributed by atoms with Gasteiger partial charge in [0, 0.05) is 13.1 Å². The number of ether oxygens (including phenoxy) is 1. The second kappa shape index (κ2) is 8.20. The lowest BCUT2D eigenvalue weighted by atomic mass is 9.89. The van der Waals surface area contributed by atoms with Crippen molar-refractivity contribution in [1.29, 1.82) is 0 Å². The van der Waals surface area contributed by atoms with E-state index in [1.165, 1.54) is 12.1 Å². The molecule has 0 bridgehead atoms. The quantitative estimate of drug-likeness (QED) is 0.872. The molecule has 1 amide bonds. The molecule has 5 nitrogen and oxygen atoms in total. The van der Waals surface area contributed by atoms with Crippen LogP contribution in [0.15, 0.2) is 42.5 Å². The van der Waals surface area contributed by atoms with Gasteiger partial charge in [-0.1, -0.05) is 18.2 Å². The monoisotopic (exact) mass is 371 g/mol. The molecule has 1 saturated heterocycles. The fraction of sp³-hybridized carbons (Fsp3) is 0.333. The maximum atomic E-state index is 14.1. The molecular formula is C21H22FNO4. The molecule has 0 unspecified atom stereocenters. The Balaban J connectivity index is 1.62. The van der Waals surface area contributed by atoms with Gasteiger partial charge in [-0.05, 0) is 55.0 Å². The molecule has 1 heterocycles. The van der Waals surface area contributed by atoms with Crippen LogP contribution in [0.5, 0.6) is 5.75 Å². The number of benzene rings is 2. The van der Waals surface area contributed by atoms with Crippen LogP contribution >= 0.6 is 0 Å². The SMILES string of the molecule is COc1ccccc1CC1CCN(C(=O)c2ccc(C(=O)O)cc2F)CC1. The van der Waals surface area contributed by atoms with E-state index in [0.717, 1.165) is 36.6 Å². The highest BCUT2D eigenvalue weighted by Crippen LogP contribution is 2.27. The van der Waals surface area contributed by atoms with E-state index in [-0.39, 0.29) is 17.0 Å². The van der Waals surface area contributed by atoms with Crippen molar-refractivity contribution in [3.63, 3.8) is 0 Å². The molecule has 6 heteroatoms. The first kappa shape index (κ1) is 18.9. The lowest BCUT2D eigenvalue weighted by Crippen LogP contribution is -2.39. The van der Waals surface area contributed by atoms with Gasteiger partial charge in [0.05, 0.1) is 18.2 Å². The summed E-state index contributed by atoms with van der Waals surface area (Å²) in [5.41, 5.74) is 0.905. The van der Waals surface area contributed by atoms with E-state index in [2.05, 4.69) is 6.07 Å². The van der Waals surface area contributed by atoms with Crippen LogP contribution in [0.2, 0.25) is 0 Å². The van der Waals surface area contributed by atoms with Crippen molar-refractivity contribution in [2.45, 2.75) is 19.3 Å². The molecule has 142 valence electrons. The highest BCUT2D eigenvalue weighted by molar-refractivity contribution is 5.96. The standard InChI is InChI=1S/C21H22FNO4/c1-27-19-5-3-2-4-15(19)12-14-8-10-23(11-9-14)20(24)17-7-6-16(21(25)26)13-18(17)22/h2-7,13-14H,8-12H2,1H3,(H,25,26). The number of piperidine rings is 1. The predicted molar refractivity (Wildman–Crippen MR) is 98.7 cm³/mol. The fourth-order valence-corrected chi connectivity index (χ4v) is 3.51. The number of halogens is 1. The third-order valence-electron chi connectivity index (χ3n) is 5.05. The van der Waals surface area contributed by atoms with Crippen LogP contribution in [0.1, 0.15) is 39.1 Å². The molecule has 3 rings (SSSR count). The lowest BCUT2D eigenvalue weighted by molar-refractivity contribution is 0.0674. The van der Waals surface area contributed by atoms with Crippen molar-refractivity contribution in [2.24, 2.45) is 5.92 Å². The molecule has 1 N–H and O–H groups in total. The van der Waals surface area contributed by atoms with Crippen LogP contribution in [0.4, 0.5) is 4.39 Å². The minimum Gasteiger partial charge on any atom is -0.496 e. The Kier molecular flexibility index (Phi) is 5.74. The van der Waals surface area contributed by atoms with Crippen molar-refractivity contribution in [3.8, 4) is 5.75 Å². The number of amides is 1. The molecular weight excluding hydrogens is 349 g/mol. The zero-order valence-corrected chi connectivity index (χ0v) is 15.2. The predicted octanol–water partition coefficient (Wildman–Crippen LogP) is 3.63. The summed E-state index contributed by atoms with van der Waals surface area (Å²) >= 11 is 0. The number of carbonyl (C=O) groups is 2. The molecule has 0 saturated carbocycles. The van der Waals surface area contributed by atoms with Crippen LogP contribution in [0.3, 0.4) is 0 Å². The largest absolute Gasteiger partial charge is 0.496 e. The number of hydrogen-bond acceptors (Lipinski definition) is 3. The van der Waals surface area contributed by atoms with Crippen LogP contribution in [-0.4, -0.2) is 42.1 Å². The Hall–Kier alpha value is -2.89. The summed E-state index contributed by atoms with van der Waals surface area (Å²) in [7, 11) is 1.66. The third-order valence-corrected chi connectivity index (χ3v) is 5.05. The second-order valence-corrected chi connectivity index (χ2v) is 6.75. The highest BCUT2D eigenvalue weighted by Gasteiger charge is 2.26. The van der Waals surface area contributed by atoms with Gasteiger partial charge < -0.3 is 14.7 Å². The molecule has 1 fully saturated rings. The maximum Gasteiger partial charge on any atom is 0.335 e. The van der Waals surface area contributed by atoms with E-state index in [4.69, 9.17) is 9.84 Å². The zero-order valence-electron chi connectivity index (χ0n) is 15.2. The van der Waals surface area contributed by atoms with Crippen LogP contribution in [0.25, 0.3) is 0 Å². The lowest BCUT2D eigenvalue weighted by Gasteiger charge is -2.32. The summed E-state index contributed by atoms with van der Waals surface area (Å²) in [6.45, 7) is 1.11. The summed E-state index contributed by atoms with van der Waals surface area (Å²) < 4.78 is 19.5. The Labute approximate surface area is 157 Å². The van der Waals surface area contributed by atoms with Crippen LogP contribution in [0, 0.1) is 11.7 Å². The number of likely N-dealkylation sites (tertiary alicyclic amines) is 1. The van der Waals surface area contributed by atoms with E-state index in [9.17, 15) is 14.0 Å². The Morgan fingerprint density at radius 1 is 1.19 bits per heavy atom. The van der Waals surface area contributed by atoms with Gasteiger partial charge in [0.15, 0.2) is 0 Å². The molecule has 0 radical (unpaired) electrons. The van der Waals surface area contributed by atoms with Crippen molar-refractivity contribution in [1.82, 2.24) is 4.90 Å². The summed E-state index contributed by atoms with van der Waals surface area (Å²) in [4.78, 5) is 25.1. The van der Waals surface area contributed by atoms with Crippen molar-refractivity contribution >= 4 is 11.9 Å². The number of carbonyl (C=O) groups excluding carboxylic acids is 1. The average Bonchev–Trinajstić information content (AvgIpc) is 2.68. The number of aromatic carboxylic acids is 1. The number of para-hydroxylation sites is 1. The Bertz CT molecular complexity index is 844. The Morgan fingerprint density at radius 2 is 1.89 bits per heavy atom. The van der Waals surface area contributed by atoms with E-state index in [1.54, 1.807) is 12.0 Å². The molecule has 2 aromatic carbocycles. The molecule has 0 aliphatic carbocycles. The van der Waals surface area contributed by atoms with Crippen LogP contribution in [-0.2, 0) is 6.42 Å². The molecule has 1 aliphatic heterocycles. The van der Waals surface area contributed by atoms with Gasteiger partial charge in [-0.2, -0.15) is 0 Å². The smallest absolute Gasteiger partial charge is 0.335 e. The molecule has 0 aromatic heterocycles. The average molecular weight is 371 g/mol. The van der Waals surface area contributed by atoms with Crippen molar-refractivity contribution in [2.75, 3.05) is 20.2 Å². The van der Waals surface area contributed by atoms with E-state index in [1.807, 2.05) is 18.2 Å². The normalized spacial score (nSPS) is 14.8. The number of hydrogen-bond donors (Lipinski definition) is 1. The van der Waals surface area contributed by atoms with Gasteiger partial charge in [-0.3, -0.25) is 4.79 Å². The summed E-state index contributed by atoms with van der Waals surface area (Å²) in [5, 5.41) is 8.90. The van der Waals surface area contributed by atoms with Gasteiger partial charge in [0.2, 0.25) is 0 Å². The number of carboxylic acids is 1. The van der Waals surface area contributed by atoms with Gasteiger partial charge in [-0.15, -0.1) is 0 Å². The van der Waals surface area contributed by atoms with Gasteiger partial charge in [0.25, 0.3) is 5.91 Å². The zero-order chi connectivity index (χ0) is 19.4. The van der Waals surface area contributed by atoms with Gasteiger partial charge in [0.1, 0.15) is 11.6 Å². The third kappa shape index (κ3) is 4.27. The van der Waals surface area contributed by atoms with Gasteiger partial charge in [-0.25, -0.2) is 9.18 Å². The first-order chi connectivity index (χ1) is 13.0. The number of nitrogens with zero attached hydrogens (tertiary/aromatic N) is 1. The van der Waals surface area contributed by atoms with Crippen molar-refractivity contribution in [3.05, 3.63) is 65.0 Å². The molecule has 0 atom stereocenters. The minimum absolute atomic E-state index is 0.0804. The summed E-state index contributed by atoms with van der Waals surface area (Å²) in [6.07, 6.45) is 2.55. The van der Waals surface area contributed by atoms with Gasteiger partial charge >= 0.3 is 5.97 Å². The van der Waals surface area contributed by atoms with E-state index >= 15 is 0 Å². The molecule has 0 spiro atoms.